The number of rotatable bonds is 5. The van der Waals surface area contributed by atoms with Crippen molar-refractivity contribution in [2.45, 2.75) is 52.2 Å². The van der Waals surface area contributed by atoms with Gasteiger partial charge in [-0.05, 0) is 78.9 Å². The normalized spacial score (nSPS) is 15.1. The Hall–Kier alpha value is -3.99. The van der Waals surface area contributed by atoms with Gasteiger partial charge in [-0.15, -0.1) is 5.10 Å². The van der Waals surface area contributed by atoms with Gasteiger partial charge in [-0.1, -0.05) is 0 Å². The first-order chi connectivity index (χ1) is 18.1. The molecule has 0 radical (unpaired) electrons. The van der Waals surface area contributed by atoms with Crippen LogP contribution in [0.15, 0.2) is 36.7 Å². The number of pyridine rings is 1. The molecule has 4 aromatic rings. The maximum atomic E-state index is 13.1. The third-order valence-corrected chi connectivity index (χ3v) is 6.50. The smallest absolute Gasteiger partial charge is 0.435 e. The predicted molar refractivity (Wildman–Crippen MR) is 145 cm³/mol. The lowest BCUT2D eigenvalue weighted by Gasteiger charge is -2.30. The second kappa shape index (κ2) is 10.1. The summed E-state index contributed by atoms with van der Waals surface area (Å²) in [5.74, 6) is 1.33. The number of fused-ring (bicyclic) bond motifs is 1. The number of ether oxygens (including phenoxy) is 2. The molecular formula is C27H34N8O3. The highest BCUT2D eigenvalue weighted by Gasteiger charge is 2.25. The summed E-state index contributed by atoms with van der Waals surface area (Å²) < 4.78 is 14.6. The van der Waals surface area contributed by atoms with E-state index in [0.29, 0.717) is 34.8 Å². The molecule has 1 saturated heterocycles. The molecule has 5 rings (SSSR count). The molecule has 200 valence electrons. The zero-order valence-electron chi connectivity index (χ0n) is 22.7. The number of carbonyl (C=O) groups is 1. The summed E-state index contributed by atoms with van der Waals surface area (Å²) in [5.41, 5.74) is 2.85. The minimum atomic E-state index is -0.695. The molecule has 0 aliphatic carbocycles. The summed E-state index contributed by atoms with van der Waals surface area (Å²) in [6.45, 7) is 9.42. The van der Waals surface area contributed by atoms with Gasteiger partial charge in [-0.2, -0.15) is 4.68 Å². The molecule has 38 heavy (non-hydrogen) atoms. The van der Waals surface area contributed by atoms with Gasteiger partial charge in [0.1, 0.15) is 11.1 Å². The average molecular weight is 519 g/mol. The van der Waals surface area contributed by atoms with Crippen molar-refractivity contribution < 1.29 is 14.3 Å². The Morgan fingerprint density at radius 3 is 2.58 bits per heavy atom. The van der Waals surface area contributed by atoms with Crippen LogP contribution in [-0.2, 0) is 4.74 Å². The molecule has 0 saturated carbocycles. The van der Waals surface area contributed by atoms with Gasteiger partial charge >= 0.3 is 6.09 Å². The van der Waals surface area contributed by atoms with E-state index in [9.17, 15) is 4.79 Å². The van der Waals surface area contributed by atoms with Crippen LogP contribution in [0, 0.1) is 6.92 Å². The van der Waals surface area contributed by atoms with Crippen LogP contribution in [0.2, 0.25) is 0 Å². The highest BCUT2D eigenvalue weighted by molar-refractivity contribution is 5.81. The number of nitrogens with one attached hydrogen (secondary N) is 1. The molecule has 1 fully saturated rings. The molecule has 4 aromatic heterocycles. The van der Waals surface area contributed by atoms with Crippen molar-refractivity contribution in [3.8, 4) is 17.1 Å². The van der Waals surface area contributed by atoms with E-state index in [1.165, 1.54) is 4.68 Å². The van der Waals surface area contributed by atoms with Crippen molar-refractivity contribution >= 4 is 28.9 Å². The minimum Gasteiger partial charge on any atom is -0.480 e. The van der Waals surface area contributed by atoms with Crippen LogP contribution in [-0.4, -0.2) is 73.1 Å². The number of carbonyl (C=O) groups excluding carboxylic acids is 1. The fourth-order valence-electron chi connectivity index (χ4n) is 4.64. The molecule has 0 amide bonds. The molecule has 1 aliphatic rings. The Kier molecular flexibility index (Phi) is 6.78. The Bertz CT molecular complexity index is 1460. The van der Waals surface area contributed by atoms with Gasteiger partial charge in [0, 0.05) is 24.0 Å². The van der Waals surface area contributed by atoms with Crippen LogP contribution in [0.5, 0.6) is 5.88 Å². The van der Waals surface area contributed by atoms with E-state index in [-0.39, 0.29) is 0 Å². The Balaban J connectivity index is 1.50. The average Bonchev–Trinajstić information content (AvgIpc) is 3.48. The Labute approximate surface area is 221 Å². The van der Waals surface area contributed by atoms with E-state index in [4.69, 9.17) is 14.5 Å². The van der Waals surface area contributed by atoms with Gasteiger partial charge in [0.05, 0.1) is 24.6 Å². The molecular weight excluding hydrogens is 484 g/mol. The third kappa shape index (κ3) is 5.33. The van der Waals surface area contributed by atoms with Gasteiger partial charge in [0.2, 0.25) is 5.88 Å². The number of aryl methyl sites for hydroxylation is 1. The number of methoxy groups -OCH3 is 1. The first kappa shape index (κ1) is 25.7. The lowest BCUT2D eigenvalue weighted by molar-refractivity contribution is 0.0518. The number of hydrogen-bond donors (Lipinski definition) is 1. The summed E-state index contributed by atoms with van der Waals surface area (Å²) in [4.78, 5) is 29.4. The zero-order chi connectivity index (χ0) is 27.0. The van der Waals surface area contributed by atoms with Gasteiger partial charge in [-0.25, -0.2) is 19.7 Å². The summed E-state index contributed by atoms with van der Waals surface area (Å²) in [6, 6.07) is 7.83. The fourth-order valence-corrected chi connectivity index (χ4v) is 4.64. The minimum absolute atomic E-state index is 0.382. The van der Waals surface area contributed by atoms with E-state index in [2.05, 4.69) is 43.1 Å². The summed E-state index contributed by atoms with van der Waals surface area (Å²) in [5, 5.41) is 7.74. The largest absolute Gasteiger partial charge is 0.480 e. The second-order valence-electron chi connectivity index (χ2n) is 10.7. The quantitative estimate of drug-likeness (QED) is 0.398. The SMILES string of the molecule is COc1nc(C)ccc1-c1cc(Nc2cnc3ccn(C4CCN(C)CC4)c3n2)nn1C(=O)OC(C)(C)C. The van der Waals surface area contributed by atoms with Crippen molar-refractivity contribution in [2.24, 2.45) is 0 Å². The predicted octanol–water partition coefficient (Wildman–Crippen LogP) is 4.80. The number of anilines is 2. The number of piperidine rings is 1. The number of nitrogens with zero attached hydrogens (tertiary/aromatic N) is 7. The molecule has 5 heterocycles. The van der Waals surface area contributed by atoms with Crippen LogP contribution >= 0.6 is 0 Å². The van der Waals surface area contributed by atoms with E-state index in [0.717, 1.165) is 42.8 Å². The Morgan fingerprint density at radius 1 is 1.11 bits per heavy atom. The van der Waals surface area contributed by atoms with Crippen LogP contribution < -0.4 is 10.1 Å². The maximum Gasteiger partial charge on any atom is 0.435 e. The summed E-state index contributed by atoms with van der Waals surface area (Å²) >= 11 is 0. The van der Waals surface area contributed by atoms with Gasteiger partial charge in [0.15, 0.2) is 17.3 Å². The molecule has 1 N–H and O–H groups in total. The van der Waals surface area contributed by atoms with E-state index >= 15 is 0 Å². The van der Waals surface area contributed by atoms with Crippen LogP contribution in [0.1, 0.15) is 45.3 Å². The molecule has 11 nitrogen and oxygen atoms in total. The Morgan fingerprint density at radius 2 is 1.87 bits per heavy atom. The van der Waals surface area contributed by atoms with Gasteiger partial charge in [-0.3, -0.25) is 0 Å². The molecule has 0 spiro atoms. The molecule has 0 bridgehead atoms. The number of aromatic nitrogens is 6. The highest BCUT2D eigenvalue weighted by Crippen LogP contribution is 2.32. The van der Waals surface area contributed by atoms with Crippen molar-refractivity contribution in [3.05, 3.63) is 42.4 Å². The van der Waals surface area contributed by atoms with E-state index in [1.54, 1.807) is 19.4 Å². The van der Waals surface area contributed by atoms with Crippen LogP contribution in [0.3, 0.4) is 0 Å². The lowest BCUT2D eigenvalue weighted by Crippen LogP contribution is -2.31. The number of hydrogen-bond acceptors (Lipinski definition) is 9. The molecule has 1 aliphatic heterocycles. The highest BCUT2D eigenvalue weighted by atomic mass is 16.6. The van der Waals surface area contributed by atoms with Crippen LogP contribution in [0.4, 0.5) is 16.4 Å². The molecule has 0 aromatic carbocycles. The van der Waals surface area contributed by atoms with Gasteiger partial charge < -0.3 is 24.3 Å². The maximum absolute atomic E-state index is 13.1. The van der Waals surface area contributed by atoms with E-state index < -0.39 is 11.7 Å². The molecule has 0 unspecified atom stereocenters. The zero-order valence-corrected chi connectivity index (χ0v) is 22.7. The van der Waals surface area contributed by atoms with Crippen molar-refractivity contribution in [1.29, 1.82) is 0 Å². The van der Waals surface area contributed by atoms with E-state index in [1.807, 2.05) is 45.9 Å². The summed E-state index contributed by atoms with van der Waals surface area (Å²) in [6.07, 6.45) is 5.25. The monoisotopic (exact) mass is 518 g/mol. The third-order valence-electron chi connectivity index (χ3n) is 6.50. The standard InChI is InChI=1S/C27H34N8O3/c1-17-7-8-19(25(29-17)37-6)21-15-22(32-35(21)26(36)38-27(2,3)4)30-23-16-28-20-11-14-34(24(20)31-23)18-9-12-33(5)13-10-18/h7-8,11,14-16,18H,9-10,12-13H2,1-6H3,(H,30,31,32). The summed E-state index contributed by atoms with van der Waals surface area (Å²) in [7, 11) is 3.70. The molecule has 11 heteroatoms. The van der Waals surface area contributed by atoms with Crippen molar-refractivity contribution in [2.75, 3.05) is 32.6 Å². The van der Waals surface area contributed by atoms with Crippen molar-refractivity contribution in [3.63, 3.8) is 0 Å². The fraction of sp³-hybridized carbons (Fsp3) is 0.444. The van der Waals surface area contributed by atoms with Gasteiger partial charge in [0.25, 0.3) is 0 Å². The topological polar surface area (TPSA) is 112 Å². The first-order valence-corrected chi connectivity index (χ1v) is 12.8. The van der Waals surface area contributed by atoms with Crippen LogP contribution in [0.25, 0.3) is 22.4 Å². The first-order valence-electron chi connectivity index (χ1n) is 12.8. The number of likely N-dealkylation sites (tertiary alicyclic amines) is 1. The van der Waals surface area contributed by atoms with Crippen molar-refractivity contribution in [1.82, 2.24) is 34.2 Å². The second-order valence-corrected chi connectivity index (χ2v) is 10.7. The molecule has 0 atom stereocenters. The lowest BCUT2D eigenvalue weighted by atomic mass is 10.1.